The minimum atomic E-state index is 0.0186. The molecule has 1 aliphatic heterocycles. The Kier molecular flexibility index (Phi) is 4.78. The van der Waals surface area contributed by atoms with Crippen LogP contribution in [0.5, 0.6) is 0 Å². The van der Waals surface area contributed by atoms with Crippen LogP contribution in [0.1, 0.15) is 5.56 Å². The highest BCUT2D eigenvalue weighted by Gasteiger charge is 2.20. The lowest BCUT2D eigenvalue weighted by atomic mass is 10.2. The van der Waals surface area contributed by atoms with Crippen molar-refractivity contribution in [1.82, 2.24) is 15.1 Å². The van der Waals surface area contributed by atoms with E-state index in [1.165, 1.54) is 5.56 Å². The van der Waals surface area contributed by atoms with Gasteiger partial charge in [-0.3, -0.25) is 4.90 Å². The maximum absolute atomic E-state index is 11.7. The molecule has 1 fully saturated rings. The van der Waals surface area contributed by atoms with Crippen LogP contribution in [-0.4, -0.2) is 48.6 Å². The first-order chi connectivity index (χ1) is 8.79. The van der Waals surface area contributed by atoms with E-state index in [-0.39, 0.29) is 6.03 Å². The molecule has 0 aromatic carbocycles. The average molecular weight is 265 g/mol. The maximum Gasteiger partial charge on any atom is 0.317 e. The highest BCUT2D eigenvalue weighted by molar-refractivity contribution is 7.07. The summed E-state index contributed by atoms with van der Waals surface area (Å²) < 4.78 is 0. The second-order valence-corrected chi connectivity index (χ2v) is 5.15. The van der Waals surface area contributed by atoms with E-state index in [9.17, 15) is 4.79 Å². The van der Waals surface area contributed by atoms with Crippen molar-refractivity contribution in [3.8, 4) is 0 Å². The average Bonchev–Trinajstić information content (AvgIpc) is 2.89. The van der Waals surface area contributed by atoms with Gasteiger partial charge in [-0.2, -0.15) is 11.3 Å². The summed E-state index contributed by atoms with van der Waals surface area (Å²) in [5.41, 5.74) is 1.37. The fourth-order valence-electron chi connectivity index (χ4n) is 2.02. The molecule has 1 aromatic heterocycles. The Bertz CT molecular complexity index is 383. The predicted octanol–water partition coefficient (Wildman–Crippen LogP) is 1.76. The van der Waals surface area contributed by atoms with Crippen LogP contribution in [0.15, 0.2) is 29.5 Å². The van der Waals surface area contributed by atoms with Gasteiger partial charge in [-0.05, 0) is 22.4 Å². The monoisotopic (exact) mass is 265 g/mol. The van der Waals surface area contributed by atoms with Crippen molar-refractivity contribution in [1.29, 1.82) is 0 Å². The summed E-state index contributed by atoms with van der Waals surface area (Å²) >= 11 is 1.73. The number of carbonyl (C=O) groups is 1. The van der Waals surface area contributed by atoms with E-state index in [2.05, 4.69) is 33.6 Å². The van der Waals surface area contributed by atoms with Crippen LogP contribution >= 0.6 is 11.3 Å². The van der Waals surface area contributed by atoms with E-state index >= 15 is 0 Å². The molecule has 98 valence electrons. The lowest BCUT2D eigenvalue weighted by Crippen LogP contribution is -2.51. The minimum Gasteiger partial charge on any atom is -0.335 e. The van der Waals surface area contributed by atoms with Gasteiger partial charge in [-0.1, -0.05) is 6.08 Å². The molecule has 0 unspecified atom stereocenters. The van der Waals surface area contributed by atoms with Crippen LogP contribution in [0, 0.1) is 0 Å². The van der Waals surface area contributed by atoms with Gasteiger partial charge in [0.2, 0.25) is 0 Å². The number of piperazine rings is 1. The van der Waals surface area contributed by atoms with Crippen LogP contribution < -0.4 is 5.32 Å². The first kappa shape index (κ1) is 13.1. The van der Waals surface area contributed by atoms with Gasteiger partial charge in [-0.25, -0.2) is 4.79 Å². The van der Waals surface area contributed by atoms with E-state index in [4.69, 9.17) is 0 Å². The Morgan fingerprint density at radius 3 is 2.83 bits per heavy atom. The first-order valence-corrected chi connectivity index (χ1v) is 7.11. The number of rotatable bonds is 4. The Labute approximate surface area is 112 Å². The number of thiophene rings is 1. The molecule has 2 amide bonds. The lowest BCUT2D eigenvalue weighted by Gasteiger charge is -2.34. The molecule has 2 heterocycles. The Morgan fingerprint density at radius 2 is 2.22 bits per heavy atom. The van der Waals surface area contributed by atoms with Gasteiger partial charge in [0.15, 0.2) is 0 Å². The van der Waals surface area contributed by atoms with Crippen molar-refractivity contribution in [2.75, 3.05) is 32.7 Å². The number of nitrogens with zero attached hydrogens (tertiary/aromatic N) is 2. The third kappa shape index (κ3) is 3.58. The molecule has 0 bridgehead atoms. The third-order valence-electron chi connectivity index (χ3n) is 3.04. The molecule has 0 radical (unpaired) electrons. The molecule has 1 N–H and O–H groups in total. The van der Waals surface area contributed by atoms with Crippen LogP contribution in [0.4, 0.5) is 4.79 Å². The Balaban J connectivity index is 1.74. The number of carbonyl (C=O) groups excluding carboxylic acids is 1. The van der Waals surface area contributed by atoms with Gasteiger partial charge in [0.05, 0.1) is 0 Å². The summed E-state index contributed by atoms with van der Waals surface area (Å²) in [5, 5.41) is 7.10. The van der Waals surface area contributed by atoms with E-state index in [1.54, 1.807) is 17.4 Å². The van der Waals surface area contributed by atoms with Crippen molar-refractivity contribution < 1.29 is 4.79 Å². The molecule has 0 spiro atoms. The summed E-state index contributed by atoms with van der Waals surface area (Å²) in [5.74, 6) is 0. The van der Waals surface area contributed by atoms with E-state index in [0.717, 1.165) is 32.7 Å². The van der Waals surface area contributed by atoms with E-state index < -0.39 is 0 Å². The van der Waals surface area contributed by atoms with Crippen molar-refractivity contribution in [3.05, 3.63) is 35.0 Å². The quantitative estimate of drug-likeness (QED) is 0.842. The van der Waals surface area contributed by atoms with Gasteiger partial charge < -0.3 is 10.2 Å². The van der Waals surface area contributed by atoms with Gasteiger partial charge in [0, 0.05) is 39.3 Å². The SMILES string of the molecule is C=CCNC(=O)N1CCN(Cc2ccsc2)CC1. The normalized spacial score (nSPS) is 16.6. The Hall–Kier alpha value is -1.33. The molecule has 1 aromatic rings. The molecule has 4 nitrogen and oxygen atoms in total. The molecule has 1 aliphatic rings. The Morgan fingerprint density at radius 1 is 1.44 bits per heavy atom. The molecule has 0 aliphatic carbocycles. The molecule has 18 heavy (non-hydrogen) atoms. The van der Waals surface area contributed by atoms with Crippen LogP contribution in [0.25, 0.3) is 0 Å². The van der Waals surface area contributed by atoms with Gasteiger partial charge in [-0.15, -0.1) is 6.58 Å². The molecule has 1 saturated heterocycles. The summed E-state index contributed by atoms with van der Waals surface area (Å²) in [6.45, 7) is 8.60. The first-order valence-electron chi connectivity index (χ1n) is 6.16. The van der Waals surface area contributed by atoms with Gasteiger partial charge in [0.25, 0.3) is 0 Å². The van der Waals surface area contributed by atoms with Crippen molar-refractivity contribution >= 4 is 17.4 Å². The summed E-state index contributed by atoms with van der Waals surface area (Å²) in [6.07, 6.45) is 1.70. The molecule has 0 atom stereocenters. The maximum atomic E-state index is 11.7. The number of urea groups is 1. The van der Waals surface area contributed by atoms with E-state index in [0.29, 0.717) is 6.54 Å². The second-order valence-electron chi connectivity index (χ2n) is 4.37. The lowest BCUT2D eigenvalue weighted by molar-refractivity contribution is 0.136. The second kappa shape index (κ2) is 6.56. The predicted molar refractivity (Wildman–Crippen MR) is 74.8 cm³/mol. The zero-order valence-electron chi connectivity index (χ0n) is 10.5. The number of hydrogen-bond donors (Lipinski definition) is 1. The van der Waals surface area contributed by atoms with Crippen LogP contribution in [0.3, 0.4) is 0 Å². The topological polar surface area (TPSA) is 35.6 Å². The highest BCUT2D eigenvalue weighted by Crippen LogP contribution is 2.11. The number of hydrogen-bond acceptors (Lipinski definition) is 3. The summed E-state index contributed by atoms with van der Waals surface area (Å²) in [6, 6.07) is 2.18. The van der Waals surface area contributed by atoms with Gasteiger partial charge in [0.1, 0.15) is 0 Å². The highest BCUT2D eigenvalue weighted by atomic mass is 32.1. The minimum absolute atomic E-state index is 0.0186. The smallest absolute Gasteiger partial charge is 0.317 e. The fourth-order valence-corrected chi connectivity index (χ4v) is 2.68. The molecular formula is C13H19N3OS. The molecule has 2 rings (SSSR count). The number of amides is 2. The zero-order chi connectivity index (χ0) is 12.8. The van der Waals surface area contributed by atoms with Crippen molar-refractivity contribution in [2.45, 2.75) is 6.54 Å². The third-order valence-corrected chi connectivity index (χ3v) is 3.78. The van der Waals surface area contributed by atoms with Crippen LogP contribution in [-0.2, 0) is 6.54 Å². The molecule has 0 saturated carbocycles. The molecular weight excluding hydrogens is 246 g/mol. The van der Waals surface area contributed by atoms with Crippen LogP contribution in [0.2, 0.25) is 0 Å². The largest absolute Gasteiger partial charge is 0.335 e. The summed E-state index contributed by atoms with van der Waals surface area (Å²) in [7, 11) is 0. The fraction of sp³-hybridized carbons (Fsp3) is 0.462. The zero-order valence-corrected chi connectivity index (χ0v) is 11.3. The standard InChI is InChI=1S/C13H19N3OS/c1-2-4-14-13(17)16-7-5-15(6-8-16)10-12-3-9-18-11-12/h2-3,9,11H,1,4-8,10H2,(H,14,17). The van der Waals surface area contributed by atoms with Crippen molar-refractivity contribution in [2.24, 2.45) is 0 Å². The number of nitrogens with one attached hydrogen (secondary N) is 1. The molecule has 5 heteroatoms. The van der Waals surface area contributed by atoms with E-state index in [1.807, 2.05) is 4.90 Å². The van der Waals surface area contributed by atoms with Gasteiger partial charge >= 0.3 is 6.03 Å². The van der Waals surface area contributed by atoms with Crippen molar-refractivity contribution in [3.63, 3.8) is 0 Å². The summed E-state index contributed by atoms with van der Waals surface area (Å²) in [4.78, 5) is 16.0.